The third-order valence-corrected chi connectivity index (χ3v) is 6.24. The van der Waals surface area contributed by atoms with Gasteiger partial charge in [0.15, 0.2) is 11.6 Å². The second-order valence-electron chi connectivity index (χ2n) is 7.80. The molecule has 4 N–H and O–H groups in total. The van der Waals surface area contributed by atoms with Gasteiger partial charge in [-0.15, -0.1) is 0 Å². The van der Waals surface area contributed by atoms with Crippen LogP contribution in [0.15, 0.2) is 47.3 Å². The lowest BCUT2D eigenvalue weighted by molar-refractivity contribution is -0.129. The molecule has 0 radical (unpaired) electrons. The minimum atomic E-state index is -1.74. The highest BCUT2D eigenvalue weighted by molar-refractivity contribution is 6.36. The van der Waals surface area contributed by atoms with Gasteiger partial charge in [-0.1, -0.05) is 35.8 Å². The molecule has 9 nitrogen and oxygen atoms in total. The van der Waals surface area contributed by atoms with Crippen molar-refractivity contribution in [2.45, 2.75) is 18.9 Å². The van der Waals surface area contributed by atoms with Crippen LogP contribution in [0, 0.1) is 5.92 Å². The van der Waals surface area contributed by atoms with Crippen LogP contribution in [-0.2, 0) is 4.79 Å². The first-order valence-electron chi connectivity index (χ1n) is 10.0. The summed E-state index contributed by atoms with van der Waals surface area (Å²) >= 11 is 6.40. The summed E-state index contributed by atoms with van der Waals surface area (Å²) in [5, 5.41) is 15.2. The number of nitrogens with two attached hydrogens (primary N) is 1. The summed E-state index contributed by atoms with van der Waals surface area (Å²) in [6, 6.07) is 8.37. The number of halogens is 1. The molecule has 0 bridgehead atoms. The molecule has 10 heteroatoms. The number of amidine groups is 1. The number of nitrogens with one attached hydrogen (secondary N) is 1. The first kappa shape index (κ1) is 22.5. The van der Waals surface area contributed by atoms with Crippen LogP contribution in [0.25, 0.3) is 0 Å². The Balaban J connectivity index is 1.69. The Morgan fingerprint density at radius 3 is 2.64 bits per heavy atom. The van der Waals surface area contributed by atoms with Crippen LogP contribution in [0.2, 0.25) is 5.02 Å². The monoisotopic (exact) mass is 471 g/mol. The summed E-state index contributed by atoms with van der Waals surface area (Å²) in [6.07, 6.45) is 1.70. The number of allylic oxidation sites excluding steroid dienone is 1. The number of anilines is 1. The van der Waals surface area contributed by atoms with E-state index in [-0.39, 0.29) is 33.7 Å². The topological polar surface area (TPSA) is 132 Å². The fourth-order valence-corrected chi connectivity index (χ4v) is 4.48. The fraction of sp³-hybridized carbons (Fsp3) is 0.261. The van der Waals surface area contributed by atoms with Crippen molar-refractivity contribution in [3.8, 4) is 17.2 Å². The summed E-state index contributed by atoms with van der Waals surface area (Å²) in [4.78, 5) is 26.9. The Morgan fingerprint density at radius 1 is 1.27 bits per heavy atom. The van der Waals surface area contributed by atoms with Gasteiger partial charge in [-0.2, -0.15) is 0 Å². The molecule has 2 aromatic carbocycles. The molecule has 2 atom stereocenters. The molecule has 0 aromatic heterocycles. The van der Waals surface area contributed by atoms with Crippen molar-refractivity contribution in [3.05, 3.63) is 58.3 Å². The van der Waals surface area contributed by atoms with E-state index in [4.69, 9.17) is 36.8 Å². The number of Topliss-reactive ketones (excluding diaryl/α,β-unsaturated/α-hetero) is 1. The first-order chi connectivity index (χ1) is 15.8. The zero-order chi connectivity index (χ0) is 23.9. The van der Waals surface area contributed by atoms with Gasteiger partial charge in [0.2, 0.25) is 17.2 Å². The maximum Gasteiger partial charge on any atom is 0.236 e. The normalized spacial score (nSPS) is 22.0. The van der Waals surface area contributed by atoms with Gasteiger partial charge in [-0.3, -0.25) is 9.59 Å². The number of nitrogens with zero attached hydrogens (tertiary/aromatic N) is 1. The number of methoxy groups -OCH3 is 2. The molecule has 0 saturated heterocycles. The van der Waals surface area contributed by atoms with Crippen molar-refractivity contribution in [2.75, 3.05) is 19.5 Å². The molecule has 172 valence electrons. The van der Waals surface area contributed by atoms with E-state index in [1.807, 2.05) is 0 Å². The summed E-state index contributed by atoms with van der Waals surface area (Å²) in [5.74, 6) is -0.984. The van der Waals surface area contributed by atoms with Crippen LogP contribution in [0.1, 0.15) is 29.3 Å². The zero-order valence-electron chi connectivity index (χ0n) is 18.1. The van der Waals surface area contributed by atoms with Crippen LogP contribution in [-0.4, -0.2) is 42.4 Å². The molecule has 33 heavy (non-hydrogen) atoms. The number of carbonyl (C=O) groups is 2. The molecule has 1 heterocycles. The predicted molar refractivity (Wildman–Crippen MR) is 122 cm³/mol. The maximum absolute atomic E-state index is 13.5. The number of carbonyl (C=O) groups excluding carboxylic acids is 2. The Labute approximate surface area is 194 Å². The molecule has 1 spiro atoms. The molecule has 0 unspecified atom stereocenters. The molecule has 2 aromatic rings. The van der Waals surface area contributed by atoms with E-state index in [0.717, 1.165) is 0 Å². The molecule has 1 aliphatic heterocycles. The quantitative estimate of drug-likeness (QED) is 0.199. The van der Waals surface area contributed by atoms with Crippen LogP contribution >= 0.6 is 11.6 Å². The largest absolute Gasteiger partial charge is 0.496 e. The van der Waals surface area contributed by atoms with Crippen LogP contribution < -0.4 is 25.3 Å². The van der Waals surface area contributed by atoms with E-state index in [2.05, 4.69) is 10.5 Å². The third-order valence-electron chi connectivity index (χ3n) is 5.88. The van der Waals surface area contributed by atoms with Gasteiger partial charge in [-0.25, -0.2) is 0 Å². The lowest BCUT2D eigenvalue weighted by Gasteiger charge is -2.35. The second kappa shape index (κ2) is 8.32. The summed E-state index contributed by atoms with van der Waals surface area (Å²) < 4.78 is 16.6. The van der Waals surface area contributed by atoms with E-state index < -0.39 is 23.1 Å². The number of hydrogen-bond acceptors (Lipinski definition) is 8. The highest BCUT2D eigenvalue weighted by Gasteiger charge is 2.60. The van der Waals surface area contributed by atoms with E-state index >= 15 is 0 Å². The third kappa shape index (κ3) is 3.45. The van der Waals surface area contributed by atoms with Crippen LogP contribution in [0.3, 0.4) is 0 Å². The highest BCUT2D eigenvalue weighted by atomic mass is 35.5. The van der Waals surface area contributed by atoms with Gasteiger partial charge >= 0.3 is 0 Å². The molecule has 0 saturated carbocycles. The van der Waals surface area contributed by atoms with Gasteiger partial charge in [0, 0.05) is 35.0 Å². The summed E-state index contributed by atoms with van der Waals surface area (Å²) in [6.45, 7) is 1.76. The molecular weight excluding hydrogens is 450 g/mol. The van der Waals surface area contributed by atoms with E-state index in [9.17, 15) is 9.59 Å². The number of hydrogen-bond donors (Lipinski definition) is 3. The van der Waals surface area contributed by atoms with Crippen molar-refractivity contribution in [1.82, 2.24) is 0 Å². The number of rotatable bonds is 5. The predicted octanol–water partition coefficient (Wildman–Crippen LogP) is 3.37. The lowest BCUT2D eigenvalue weighted by atomic mass is 9.74. The van der Waals surface area contributed by atoms with Crippen molar-refractivity contribution < 1.29 is 29.0 Å². The first-order valence-corrected chi connectivity index (χ1v) is 10.4. The smallest absolute Gasteiger partial charge is 0.236 e. The Kier molecular flexibility index (Phi) is 5.67. The second-order valence-corrected chi connectivity index (χ2v) is 8.17. The van der Waals surface area contributed by atoms with E-state index in [0.29, 0.717) is 23.4 Å². The Morgan fingerprint density at radius 2 is 2.00 bits per heavy atom. The average Bonchev–Trinajstić information content (AvgIpc) is 3.12. The Hall–Kier alpha value is -3.72. The van der Waals surface area contributed by atoms with E-state index in [1.54, 1.807) is 31.2 Å². The zero-order valence-corrected chi connectivity index (χ0v) is 18.9. The lowest BCUT2D eigenvalue weighted by Crippen LogP contribution is -2.55. The Bertz CT molecular complexity index is 1220. The van der Waals surface area contributed by atoms with Crippen molar-refractivity contribution in [3.63, 3.8) is 0 Å². The van der Waals surface area contributed by atoms with Gasteiger partial charge in [0.1, 0.15) is 22.1 Å². The molecule has 1 aliphatic carbocycles. The fourth-order valence-electron chi connectivity index (χ4n) is 4.22. The minimum absolute atomic E-state index is 0.0383. The van der Waals surface area contributed by atoms with Gasteiger partial charge in [0.05, 0.1) is 14.2 Å². The molecular formula is C23H22ClN3O6. The van der Waals surface area contributed by atoms with Gasteiger partial charge in [0.25, 0.3) is 0 Å². The summed E-state index contributed by atoms with van der Waals surface area (Å²) in [5.41, 5.74) is 5.77. The van der Waals surface area contributed by atoms with Crippen LogP contribution in [0.4, 0.5) is 5.69 Å². The number of fused-ring (bicyclic) bond motifs is 1. The van der Waals surface area contributed by atoms with Crippen molar-refractivity contribution in [1.29, 1.82) is 0 Å². The molecule has 2 aliphatic rings. The SMILES string of the molecule is COc1cc(OC)c2c(c1Cl)O[C@@]1(C(=O)C=C(Nc3cccc(C(N)=NO)c3)C[C@H]1C)C2=O. The highest BCUT2D eigenvalue weighted by Crippen LogP contribution is 2.53. The van der Waals surface area contributed by atoms with Crippen LogP contribution in [0.5, 0.6) is 17.2 Å². The van der Waals surface area contributed by atoms with Crippen molar-refractivity contribution in [2.24, 2.45) is 16.8 Å². The van der Waals surface area contributed by atoms with E-state index in [1.165, 1.54) is 26.4 Å². The minimum Gasteiger partial charge on any atom is -0.496 e. The number of ketones is 2. The average molecular weight is 472 g/mol. The molecule has 0 fully saturated rings. The molecule has 4 rings (SSSR count). The standard InChI is InChI=1S/C23H22ClN3O6/c1-11-7-14(26-13-6-4-5-12(8-13)22(25)27-30)9-17(28)23(11)21(29)18-15(31-2)10-16(32-3)19(24)20(18)33-23/h4-6,8-11,26,30H,7H2,1-3H3,(H2,25,27)/t11-,23+/m1/s1. The number of ether oxygens (including phenoxy) is 3. The summed E-state index contributed by atoms with van der Waals surface area (Å²) in [7, 11) is 2.85. The number of benzene rings is 2. The van der Waals surface area contributed by atoms with Gasteiger partial charge in [-0.05, 0) is 18.6 Å². The van der Waals surface area contributed by atoms with Crippen molar-refractivity contribution >= 4 is 34.7 Å². The van der Waals surface area contributed by atoms with Gasteiger partial charge < -0.3 is 30.5 Å². The number of oxime groups is 1. The molecule has 0 amide bonds. The maximum atomic E-state index is 13.5.